The zero-order valence-corrected chi connectivity index (χ0v) is 18.0. The van der Waals surface area contributed by atoms with E-state index in [1.807, 2.05) is 0 Å². The van der Waals surface area contributed by atoms with E-state index in [2.05, 4.69) is 89.8 Å². The van der Waals surface area contributed by atoms with Gasteiger partial charge in [0, 0.05) is 5.41 Å². The Morgan fingerprint density at radius 2 is 1.43 bits per heavy atom. The van der Waals surface area contributed by atoms with Gasteiger partial charge in [-0.2, -0.15) is 0 Å². The quantitative estimate of drug-likeness (QED) is 0.472. The topological polar surface area (TPSA) is 3.24 Å². The first-order valence-corrected chi connectivity index (χ1v) is 11.8. The summed E-state index contributed by atoms with van der Waals surface area (Å²) in [5, 5.41) is 0. The van der Waals surface area contributed by atoms with E-state index in [0.29, 0.717) is 0 Å². The fourth-order valence-corrected chi connectivity index (χ4v) is 5.95. The van der Waals surface area contributed by atoms with Crippen LogP contribution in [-0.4, -0.2) is 24.5 Å². The molecule has 0 amide bonds. The predicted molar refractivity (Wildman–Crippen MR) is 126 cm³/mol. The molecule has 1 aliphatic heterocycles. The summed E-state index contributed by atoms with van der Waals surface area (Å²) >= 11 is 0. The number of hydrogen-bond donors (Lipinski definition) is 0. The standard InChI is InChI=1S/C29H33N/c1-3-10-24(11-4-1)25-17-21-30(22-18-25)23-20-29(27-14-5-2-6-15-27)19-9-13-26-12-7-8-16-28(26)29/h1-8,10-12,14-16,25H,9,13,17-23H2. The van der Waals surface area contributed by atoms with Crippen LogP contribution in [-0.2, 0) is 11.8 Å². The molecule has 1 atom stereocenters. The van der Waals surface area contributed by atoms with E-state index in [4.69, 9.17) is 0 Å². The van der Waals surface area contributed by atoms with E-state index in [0.717, 1.165) is 5.92 Å². The summed E-state index contributed by atoms with van der Waals surface area (Å²) in [6.45, 7) is 3.66. The minimum absolute atomic E-state index is 0.173. The Morgan fingerprint density at radius 3 is 2.20 bits per heavy atom. The smallest absolute Gasteiger partial charge is 0.0217 e. The lowest BCUT2D eigenvalue weighted by atomic mass is 9.64. The van der Waals surface area contributed by atoms with Crippen LogP contribution in [0.1, 0.15) is 60.3 Å². The largest absolute Gasteiger partial charge is 0.303 e. The SMILES string of the molecule is c1ccc(C2CCN(CCC3(c4ccccc4)CCCc4ccccc43)CC2)cc1. The lowest BCUT2D eigenvalue weighted by molar-refractivity contribution is 0.192. The molecule has 1 saturated heterocycles. The molecule has 1 fully saturated rings. The molecule has 2 aliphatic rings. The van der Waals surface area contributed by atoms with Crippen molar-refractivity contribution in [1.29, 1.82) is 0 Å². The van der Waals surface area contributed by atoms with Crippen molar-refractivity contribution in [1.82, 2.24) is 4.90 Å². The van der Waals surface area contributed by atoms with Crippen LogP contribution in [0.5, 0.6) is 0 Å². The van der Waals surface area contributed by atoms with E-state index >= 15 is 0 Å². The highest BCUT2D eigenvalue weighted by Crippen LogP contribution is 2.45. The van der Waals surface area contributed by atoms with Gasteiger partial charge in [0.05, 0.1) is 0 Å². The van der Waals surface area contributed by atoms with E-state index < -0.39 is 0 Å². The Bertz CT molecular complexity index is 940. The highest BCUT2D eigenvalue weighted by atomic mass is 15.1. The Kier molecular flexibility index (Phi) is 5.73. The maximum absolute atomic E-state index is 2.72. The minimum atomic E-state index is 0.173. The van der Waals surface area contributed by atoms with Gasteiger partial charge in [0.25, 0.3) is 0 Å². The number of nitrogens with zero attached hydrogens (tertiary/aromatic N) is 1. The molecule has 1 unspecified atom stereocenters. The fourth-order valence-electron chi connectivity index (χ4n) is 5.95. The van der Waals surface area contributed by atoms with Gasteiger partial charge in [0.2, 0.25) is 0 Å². The molecule has 0 spiro atoms. The maximum Gasteiger partial charge on any atom is 0.0217 e. The van der Waals surface area contributed by atoms with Gasteiger partial charge >= 0.3 is 0 Å². The fraction of sp³-hybridized carbons (Fsp3) is 0.379. The van der Waals surface area contributed by atoms with Crippen LogP contribution in [0.4, 0.5) is 0 Å². The lowest BCUT2D eigenvalue weighted by Crippen LogP contribution is -2.39. The first-order valence-electron chi connectivity index (χ1n) is 11.8. The third-order valence-corrected chi connectivity index (χ3v) is 7.62. The Morgan fingerprint density at radius 1 is 0.767 bits per heavy atom. The summed E-state index contributed by atoms with van der Waals surface area (Å²) in [5.41, 5.74) is 6.36. The molecule has 5 rings (SSSR count). The second kappa shape index (κ2) is 8.78. The minimum Gasteiger partial charge on any atom is -0.303 e. The molecule has 0 radical (unpaired) electrons. The van der Waals surface area contributed by atoms with Crippen molar-refractivity contribution in [3.8, 4) is 0 Å². The molecular formula is C29H33N. The van der Waals surface area contributed by atoms with Gasteiger partial charge in [-0.05, 0) is 86.3 Å². The number of piperidine rings is 1. The second-order valence-electron chi connectivity index (χ2n) is 9.24. The average molecular weight is 396 g/mol. The third kappa shape index (κ3) is 3.84. The van der Waals surface area contributed by atoms with Crippen molar-refractivity contribution in [2.24, 2.45) is 0 Å². The van der Waals surface area contributed by atoms with Gasteiger partial charge in [-0.3, -0.25) is 0 Å². The summed E-state index contributed by atoms with van der Waals surface area (Å²) in [6, 6.07) is 31.7. The summed E-state index contributed by atoms with van der Waals surface area (Å²) in [5.74, 6) is 0.737. The van der Waals surface area contributed by atoms with Crippen molar-refractivity contribution in [3.63, 3.8) is 0 Å². The van der Waals surface area contributed by atoms with Crippen molar-refractivity contribution >= 4 is 0 Å². The van der Waals surface area contributed by atoms with Crippen LogP contribution < -0.4 is 0 Å². The lowest BCUT2D eigenvalue weighted by Gasteiger charge is -2.42. The average Bonchev–Trinajstić information content (AvgIpc) is 2.84. The molecule has 1 heteroatoms. The van der Waals surface area contributed by atoms with Crippen LogP contribution in [0.15, 0.2) is 84.9 Å². The monoisotopic (exact) mass is 395 g/mol. The van der Waals surface area contributed by atoms with E-state index in [9.17, 15) is 0 Å². The first kappa shape index (κ1) is 19.6. The van der Waals surface area contributed by atoms with Crippen LogP contribution >= 0.6 is 0 Å². The summed E-state index contributed by atoms with van der Waals surface area (Å²) in [6.07, 6.45) is 7.60. The van der Waals surface area contributed by atoms with Crippen molar-refractivity contribution < 1.29 is 0 Å². The third-order valence-electron chi connectivity index (χ3n) is 7.62. The van der Waals surface area contributed by atoms with Crippen LogP contribution in [0.25, 0.3) is 0 Å². The molecule has 1 nitrogen and oxygen atoms in total. The summed E-state index contributed by atoms with van der Waals surface area (Å²) in [7, 11) is 0. The maximum atomic E-state index is 2.72. The molecule has 154 valence electrons. The molecule has 1 aliphatic carbocycles. The summed E-state index contributed by atoms with van der Waals surface area (Å²) in [4.78, 5) is 2.72. The normalized spacial score (nSPS) is 22.5. The number of rotatable bonds is 5. The molecule has 0 N–H and O–H groups in total. The zero-order chi connectivity index (χ0) is 20.2. The zero-order valence-electron chi connectivity index (χ0n) is 18.0. The first-order chi connectivity index (χ1) is 14.9. The molecule has 30 heavy (non-hydrogen) atoms. The highest BCUT2D eigenvalue weighted by Gasteiger charge is 2.38. The van der Waals surface area contributed by atoms with E-state index in [1.165, 1.54) is 69.3 Å². The van der Waals surface area contributed by atoms with E-state index in [-0.39, 0.29) is 5.41 Å². The Balaban J connectivity index is 1.33. The molecule has 0 bridgehead atoms. The number of likely N-dealkylation sites (tertiary alicyclic amines) is 1. The Hall–Kier alpha value is -2.38. The predicted octanol–water partition coefficient (Wildman–Crippen LogP) is 6.58. The van der Waals surface area contributed by atoms with Crippen LogP contribution in [0, 0.1) is 0 Å². The molecule has 3 aromatic carbocycles. The molecule has 3 aromatic rings. The van der Waals surface area contributed by atoms with Gasteiger partial charge in [-0.25, -0.2) is 0 Å². The van der Waals surface area contributed by atoms with Crippen molar-refractivity contribution in [2.45, 2.75) is 49.9 Å². The number of aryl methyl sites for hydroxylation is 1. The number of benzene rings is 3. The Labute approximate surface area is 181 Å². The highest BCUT2D eigenvalue weighted by molar-refractivity contribution is 5.45. The van der Waals surface area contributed by atoms with Gasteiger partial charge in [0.1, 0.15) is 0 Å². The van der Waals surface area contributed by atoms with Gasteiger partial charge in [-0.1, -0.05) is 84.9 Å². The van der Waals surface area contributed by atoms with Crippen LogP contribution in [0.3, 0.4) is 0 Å². The number of fused-ring (bicyclic) bond motifs is 1. The second-order valence-corrected chi connectivity index (χ2v) is 9.24. The molecule has 1 heterocycles. The van der Waals surface area contributed by atoms with Crippen molar-refractivity contribution in [2.75, 3.05) is 19.6 Å². The van der Waals surface area contributed by atoms with Gasteiger partial charge in [0.15, 0.2) is 0 Å². The molecular weight excluding hydrogens is 362 g/mol. The summed E-state index contributed by atoms with van der Waals surface area (Å²) < 4.78 is 0. The van der Waals surface area contributed by atoms with E-state index in [1.54, 1.807) is 11.1 Å². The molecule has 0 saturated carbocycles. The van der Waals surface area contributed by atoms with Crippen LogP contribution in [0.2, 0.25) is 0 Å². The molecule has 0 aromatic heterocycles. The van der Waals surface area contributed by atoms with Gasteiger partial charge < -0.3 is 4.90 Å². The van der Waals surface area contributed by atoms with Gasteiger partial charge in [-0.15, -0.1) is 0 Å². The number of hydrogen-bond acceptors (Lipinski definition) is 1. The van der Waals surface area contributed by atoms with Crippen molar-refractivity contribution in [3.05, 3.63) is 107 Å².